The minimum atomic E-state index is -0.688. The highest BCUT2D eigenvalue weighted by atomic mass is 16.6. The fourth-order valence-corrected chi connectivity index (χ4v) is 2.09. The molecular formula is C17H20N4O6. The van der Waals surface area contributed by atoms with Crippen molar-refractivity contribution in [1.82, 2.24) is 4.98 Å². The van der Waals surface area contributed by atoms with Gasteiger partial charge < -0.3 is 19.9 Å². The van der Waals surface area contributed by atoms with Crippen molar-refractivity contribution in [3.63, 3.8) is 0 Å². The van der Waals surface area contributed by atoms with E-state index < -0.39 is 22.3 Å². The van der Waals surface area contributed by atoms with Crippen molar-refractivity contribution in [3.05, 3.63) is 40.6 Å². The van der Waals surface area contributed by atoms with Gasteiger partial charge in [-0.15, -0.1) is 0 Å². The molecular weight excluding hydrogens is 356 g/mol. The second-order valence-electron chi connectivity index (χ2n) is 6.39. The number of ether oxygens (including phenoxy) is 3. The van der Waals surface area contributed by atoms with E-state index in [2.05, 4.69) is 10.3 Å². The number of aromatic nitrogens is 1. The first-order valence-electron chi connectivity index (χ1n) is 7.85. The Morgan fingerprint density at radius 2 is 1.93 bits per heavy atom. The number of amides is 1. The molecule has 0 spiro atoms. The quantitative estimate of drug-likeness (QED) is 0.594. The maximum absolute atomic E-state index is 11.9. The Balaban J connectivity index is 2.33. The van der Waals surface area contributed by atoms with Gasteiger partial charge >= 0.3 is 11.8 Å². The zero-order valence-corrected chi connectivity index (χ0v) is 15.3. The molecule has 0 aliphatic heterocycles. The van der Waals surface area contributed by atoms with Gasteiger partial charge in [0.25, 0.3) is 0 Å². The van der Waals surface area contributed by atoms with Crippen molar-refractivity contribution in [2.45, 2.75) is 26.4 Å². The molecule has 0 atom stereocenters. The van der Waals surface area contributed by atoms with Crippen molar-refractivity contribution in [1.29, 1.82) is 0 Å². The monoisotopic (exact) mass is 376 g/mol. The van der Waals surface area contributed by atoms with Crippen LogP contribution in [0.1, 0.15) is 20.8 Å². The summed E-state index contributed by atoms with van der Waals surface area (Å²) in [4.78, 5) is 26.2. The molecule has 3 N–H and O–H groups in total. The molecule has 1 aromatic carbocycles. The molecule has 0 aliphatic carbocycles. The lowest BCUT2D eigenvalue weighted by Gasteiger charge is -2.20. The van der Waals surface area contributed by atoms with E-state index >= 15 is 0 Å². The fourth-order valence-electron chi connectivity index (χ4n) is 2.09. The summed E-state index contributed by atoms with van der Waals surface area (Å²) in [6.45, 7) is 5.21. The van der Waals surface area contributed by atoms with E-state index in [1.54, 1.807) is 32.9 Å². The number of nitrogens with zero attached hydrogens (tertiary/aromatic N) is 2. The van der Waals surface area contributed by atoms with Crippen LogP contribution in [0.25, 0.3) is 0 Å². The molecule has 0 aliphatic rings. The van der Waals surface area contributed by atoms with E-state index in [0.717, 1.165) is 0 Å². The number of hydrogen-bond donors (Lipinski definition) is 2. The van der Waals surface area contributed by atoms with Crippen LogP contribution in [0.15, 0.2) is 30.5 Å². The highest BCUT2D eigenvalue weighted by Crippen LogP contribution is 2.39. The molecule has 0 fully saturated rings. The number of rotatable bonds is 5. The number of nitrogens with two attached hydrogens (primary N) is 1. The predicted octanol–water partition coefficient (Wildman–Crippen LogP) is 3.72. The number of nitro groups is 1. The maximum Gasteiger partial charge on any atom is 0.412 e. The Morgan fingerprint density at radius 3 is 2.52 bits per heavy atom. The summed E-state index contributed by atoms with van der Waals surface area (Å²) in [5, 5.41) is 13.8. The van der Waals surface area contributed by atoms with Crippen molar-refractivity contribution in [2.24, 2.45) is 0 Å². The van der Waals surface area contributed by atoms with Gasteiger partial charge in [-0.25, -0.2) is 9.78 Å². The van der Waals surface area contributed by atoms with Gasteiger partial charge in [0.15, 0.2) is 11.5 Å². The number of nitrogen functional groups attached to an aromatic ring is 1. The number of carbonyl (C=O) groups excluding carboxylic acids is 1. The van der Waals surface area contributed by atoms with Gasteiger partial charge in [-0.3, -0.25) is 15.4 Å². The van der Waals surface area contributed by atoms with E-state index in [-0.39, 0.29) is 17.3 Å². The first-order valence-corrected chi connectivity index (χ1v) is 7.85. The van der Waals surface area contributed by atoms with Gasteiger partial charge in [0, 0.05) is 24.0 Å². The minimum Gasteiger partial charge on any atom is -0.493 e. The second-order valence-corrected chi connectivity index (χ2v) is 6.39. The Bertz CT molecular complexity index is 863. The smallest absolute Gasteiger partial charge is 0.412 e. The van der Waals surface area contributed by atoms with Gasteiger partial charge in [0.2, 0.25) is 11.6 Å². The number of benzene rings is 1. The van der Waals surface area contributed by atoms with Crippen LogP contribution in [0, 0.1) is 10.1 Å². The van der Waals surface area contributed by atoms with Gasteiger partial charge in [-0.2, -0.15) is 0 Å². The number of carbonyl (C=O) groups is 1. The zero-order valence-electron chi connectivity index (χ0n) is 15.3. The molecule has 10 nitrogen and oxygen atoms in total. The Hall–Kier alpha value is -3.56. The number of anilines is 2. The van der Waals surface area contributed by atoms with Crippen molar-refractivity contribution in [3.8, 4) is 17.2 Å². The van der Waals surface area contributed by atoms with Crippen LogP contribution < -0.4 is 20.5 Å². The van der Waals surface area contributed by atoms with Crippen molar-refractivity contribution in [2.75, 3.05) is 18.2 Å². The predicted molar refractivity (Wildman–Crippen MR) is 98.2 cm³/mol. The van der Waals surface area contributed by atoms with Crippen LogP contribution in [0.5, 0.6) is 17.2 Å². The summed E-state index contributed by atoms with van der Waals surface area (Å²) in [5.74, 6) is 0.0499. The molecule has 1 amide bonds. The van der Waals surface area contributed by atoms with Crippen LogP contribution in [0.3, 0.4) is 0 Å². The molecule has 0 radical (unpaired) electrons. The zero-order chi connectivity index (χ0) is 20.2. The van der Waals surface area contributed by atoms with E-state index in [9.17, 15) is 14.9 Å². The topological polar surface area (TPSA) is 139 Å². The van der Waals surface area contributed by atoms with Crippen LogP contribution in [-0.2, 0) is 4.74 Å². The standard InChI is InChI=1S/C17H20N4O6/c1-17(2,3)27-16(22)20-10-5-6-11(25-4)13(9-10)26-12-7-8-19-15(18)14(12)21(23)24/h5-9H,1-4H3,(H2,18,19)(H,20,22). The van der Waals surface area contributed by atoms with Crippen molar-refractivity contribution < 1.29 is 23.9 Å². The van der Waals surface area contributed by atoms with E-state index in [4.69, 9.17) is 19.9 Å². The summed E-state index contributed by atoms with van der Waals surface area (Å²) in [6, 6.07) is 5.87. The summed E-state index contributed by atoms with van der Waals surface area (Å²) >= 11 is 0. The Morgan fingerprint density at radius 1 is 1.22 bits per heavy atom. The minimum absolute atomic E-state index is 0.111. The lowest BCUT2D eigenvalue weighted by atomic mass is 10.2. The lowest BCUT2D eigenvalue weighted by Crippen LogP contribution is -2.27. The molecule has 0 bridgehead atoms. The van der Waals surface area contributed by atoms with E-state index in [0.29, 0.717) is 11.4 Å². The SMILES string of the molecule is COc1ccc(NC(=O)OC(C)(C)C)cc1Oc1ccnc(N)c1[N+](=O)[O-]. The summed E-state index contributed by atoms with van der Waals surface area (Å²) in [5.41, 5.74) is 4.79. The summed E-state index contributed by atoms with van der Waals surface area (Å²) in [6.07, 6.45) is 0.630. The molecule has 0 unspecified atom stereocenters. The molecule has 1 aromatic heterocycles. The fraction of sp³-hybridized carbons (Fsp3) is 0.294. The third-order valence-electron chi connectivity index (χ3n) is 3.13. The third-order valence-corrected chi connectivity index (χ3v) is 3.13. The molecule has 0 saturated carbocycles. The maximum atomic E-state index is 11.9. The highest BCUT2D eigenvalue weighted by molar-refractivity contribution is 5.85. The number of hydrogen-bond acceptors (Lipinski definition) is 8. The highest BCUT2D eigenvalue weighted by Gasteiger charge is 2.23. The number of methoxy groups -OCH3 is 1. The van der Waals surface area contributed by atoms with Gasteiger partial charge in [-0.05, 0) is 32.9 Å². The summed E-state index contributed by atoms with van der Waals surface area (Å²) < 4.78 is 16.0. The van der Waals surface area contributed by atoms with Crippen LogP contribution in [0.4, 0.5) is 22.0 Å². The lowest BCUT2D eigenvalue weighted by molar-refractivity contribution is -0.384. The van der Waals surface area contributed by atoms with Gasteiger partial charge in [-0.1, -0.05) is 0 Å². The first kappa shape index (κ1) is 19.8. The molecule has 1 heterocycles. The average molecular weight is 376 g/mol. The molecule has 2 rings (SSSR count). The number of nitrogens with one attached hydrogen (secondary N) is 1. The van der Waals surface area contributed by atoms with Crippen LogP contribution >= 0.6 is 0 Å². The van der Waals surface area contributed by atoms with Crippen LogP contribution in [0.2, 0.25) is 0 Å². The summed E-state index contributed by atoms with van der Waals surface area (Å²) in [7, 11) is 1.42. The van der Waals surface area contributed by atoms with Crippen molar-refractivity contribution >= 4 is 23.3 Å². The van der Waals surface area contributed by atoms with Crippen LogP contribution in [-0.4, -0.2) is 28.7 Å². The normalized spacial score (nSPS) is 10.8. The Kier molecular flexibility index (Phi) is 5.69. The molecule has 27 heavy (non-hydrogen) atoms. The van der Waals surface area contributed by atoms with E-state index in [1.165, 1.54) is 25.4 Å². The van der Waals surface area contributed by atoms with Gasteiger partial charge in [0.1, 0.15) is 5.60 Å². The second kappa shape index (κ2) is 7.77. The average Bonchev–Trinajstić information content (AvgIpc) is 2.53. The molecule has 2 aromatic rings. The molecule has 0 saturated heterocycles. The first-order chi connectivity index (χ1) is 12.6. The number of pyridine rings is 1. The Labute approximate surface area is 155 Å². The van der Waals surface area contributed by atoms with Gasteiger partial charge in [0.05, 0.1) is 12.0 Å². The molecule has 144 valence electrons. The third kappa shape index (κ3) is 5.21. The molecule has 10 heteroatoms. The largest absolute Gasteiger partial charge is 0.493 e. The van der Waals surface area contributed by atoms with E-state index in [1.807, 2.05) is 0 Å².